The summed E-state index contributed by atoms with van der Waals surface area (Å²) >= 11 is 0. The Kier molecular flexibility index (Phi) is 5.77. The molecule has 1 aromatic heterocycles. The molecule has 0 spiro atoms. The molecule has 1 N–H and O–H groups in total. The van der Waals surface area contributed by atoms with Crippen LogP contribution in [0.4, 0.5) is 5.95 Å². The molecule has 0 bridgehead atoms. The van der Waals surface area contributed by atoms with E-state index in [1.54, 1.807) is 6.07 Å². The van der Waals surface area contributed by atoms with Crippen LogP contribution in [0.1, 0.15) is 56.4 Å². The highest BCUT2D eigenvalue weighted by atomic mass is 16.2. The van der Waals surface area contributed by atoms with Gasteiger partial charge in [-0.2, -0.15) is 0 Å². The third kappa shape index (κ3) is 5.55. The van der Waals surface area contributed by atoms with Crippen LogP contribution in [0, 0.1) is 6.92 Å². The monoisotopic (exact) mass is 340 g/mol. The second kappa shape index (κ2) is 7.64. The lowest BCUT2D eigenvalue weighted by Crippen LogP contribution is -2.41. The molecule has 0 radical (unpaired) electrons. The molecule has 25 heavy (non-hydrogen) atoms. The normalized spacial score (nSPS) is 11.5. The predicted molar refractivity (Wildman–Crippen MR) is 102 cm³/mol. The minimum absolute atomic E-state index is 0.178. The van der Waals surface area contributed by atoms with E-state index in [2.05, 4.69) is 46.2 Å². The first-order valence-electron chi connectivity index (χ1n) is 8.64. The van der Waals surface area contributed by atoms with E-state index in [-0.39, 0.29) is 17.5 Å². The molecule has 0 saturated heterocycles. The van der Waals surface area contributed by atoms with Gasteiger partial charge in [-0.1, -0.05) is 30.3 Å². The molecule has 0 unspecified atom stereocenters. The van der Waals surface area contributed by atoms with Crippen LogP contribution in [0.5, 0.6) is 0 Å². The lowest BCUT2D eigenvalue weighted by molar-refractivity contribution is 0.0914. The van der Waals surface area contributed by atoms with Crippen molar-refractivity contribution in [3.63, 3.8) is 0 Å². The summed E-state index contributed by atoms with van der Waals surface area (Å²) in [5.41, 5.74) is 2.05. The fourth-order valence-corrected chi connectivity index (χ4v) is 2.47. The molecule has 5 nitrogen and oxygen atoms in total. The Balaban J connectivity index is 2.33. The van der Waals surface area contributed by atoms with Gasteiger partial charge in [0.05, 0.1) is 0 Å². The summed E-state index contributed by atoms with van der Waals surface area (Å²) in [6.45, 7) is 12.6. The van der Waals surface area contributed by atoms with Crippen LogP contribution in [0.15, 0.2) is 36.4 Å². The van der Waals surface area contributed by atoms with Crippen LogP contribution in [0.2, 0.25) is 0 Å². The van der Waals surface area contributed by atoms with Crippen LogP contribution >= 0.6 is 0 Å². The van der Waals surface area contributed by atoms with Gasteiger partial charge in [0.1, 0.15) is 5.69 Å². The van der Waals surface area contributed by atoms with Gasteiger partial charge in [0.25, 0.3) is 5.91 Å². The van der Waals surface area contributed by atoms with Gasteiger partial charge < -0.3 is 10.2 Å². The Morgan fingerprint density at radius 1 is 1.16 bits per heavy atom. The molecule has 0 aliphatic carbocycles. The molecule has 1 heterocycles. The summed E-state index contributed by atoms with van der Waals surface area (Å²) in [4.78, 5) is 23.7. The van der Waals surface area contributed by atoms with Gasteiger partial charge in [0.2, 0.25) is 5.95 Å². The summed E-state index contributed by atoms with van der Waals surface area (Å²) in [5, 5.41) is 2.96. The number of hydrogen-bond acceptors (Lipinski definition) is 4. The maximum absolute atomic E-state index is 12.5. The molecule has 2 aromatic rings. The van der Waals surface area contributed by atoms with Crippen LogP contribution in [0.3, 0.4) is 0 Å². The summed E-state index contributed by atoms with van der Waals surface area (Å²) in [7, 11) is 0. The number of anilines is 1. The highest BCUT2D eigenvalue weighted by molar-refractivity contribution is 5.93. The second-order valence-electron chi connectivity index (χ2n) is 7.61. The molecule has 2 rings (SSSR count). The van der Waals surface area contributed by atoms with E-state index in [1.165, 1.54) is 5.56 Å². The van der Waals surface area contributed by atoms with E-state index < -0.39 is 0 Å². The maximum Gasteiger partial charge on any atom is 0.270 e. The Labute approximate surface area is 150 Å². The van der Waals surface area contributed by atoms with E-state index in [4.69, 9.17) is 0 Å². The van der Waals surface area contributed by atoms with Crippen LogP contribution < -0.4 is 10.2 Å². The first-order valence-corrected chi connectivity index (χ1v) is 8.64. The zero-order valence-corrected chi connectivity index (χ0v) is 16.0. The molecule has 1 aromatic carbocycles. The lowest BCUT2D eigenvalue weighted by atomic mass is 10.1. The number of nitrogens with zero attached hydrogens (tertiary/aromatic N) is 3. The number of aromatic nitrogens is 2. The number of aryl methyl sites for hydroxylation is 1. The Morgan fingerprint density at radius 2 is 1.80 bits per heavy atom. The first-order chi connectivity index (χ1) is 11.7. The van der Waals surface area contributed by atoms with Crippen LogP contribution in [0.25, 0.3) is 0 Å². The minimum atomic E-state index is -0.308. The lowest BCUT2D eigenvalue weighted by Gasteiger charge is -2.27. The number of amides is 1. The first kappa shape index (κ1) is 18.9. The van der Waals surface area contributed by atoms with Crippen molar-refractivity contribution in [2.75, 3.05) is 4.90 Å². The number of benzene rings is 1. The van der Waals surface area contributed by atoms with Crippen molar-refractivity contribution in [3.05, 3.63) is 53.3 Å². The molecule has 5 heteroatoms. The van der Waals surface area contributed by atoms with Gasteiger partial charge in [0.15, 0.2) is 0 Å². The van der Waals surface area contributed by atoms with Crippen molar-refractivity contribution < 1.29 is 4.79 Å². The smallest absolute Gasteiger partial charge is 0.270 e. The number of rotatable bonds is 5. The SMILES string of the molecule is Cc1cc(C(=O)NC(C)(C)C)nc(N(Cc2ccccc2)C(C)C)n1. The minimum Gasteiger partial charge on any atom is -0.346 e. The highest BCUT2D eigenvalue weighted by Gasteiger charge is 2.20. The zero-order chi connectivity index (χ0) is 18.6. The molecule has 134 valence electrons. The summed E-state index contributed by atoms with van der Waals surface area (Å²) in [5.74, 6) is 0.403. The number of carbonyl (C=O) groups excluding carboxylic acids is 1. The van der Waals surface area contributed by atoms with E-state index >= 15 is 0 Å². The third-order valence-electron chi connectivity index (χ3n) is 3.64. The van der Waals surface area contributed by atoms with Gasteiger partial charge in [-0.05, 0) is 53.2 Å². The van der Waals surface area contributed by atoms with Gasteiger partial charge in [-0.15, -0.1) is 0 Å². The summed E-state index contributed by atoms with van der Waals surface area (Å²) in [6, 6.07) is 12.1. The number of nitrogens with one attached hydrogen (secondary N) is 1. The summed E-state index contributed by atoms with van der Waals surface area (Å²) < 4.78 is 0. The van der Waals surface area contributed by atoms with Crippen molar-refractivity contribution in [1.82, 2.24) is 15.3 Å². The van der Waals surface area contributed by atoms with E-state index in [0.29, 0.717) is 18.2 Å². The fraction of sp³-hybridized carbons (Fsp3) is 0.450. The number of hydrogen-bond donors (Lipinski definition) is 1. The zero-order valence-electron chi connectivity index (χ0n) is 16.0. The van der Waals surface area contributed by atoms with Gasteiger partial charge in [-0.3, -0.25) is 4.79 Å². The van der Waals surface area contributed by atoms with Gasteiger partial charge in [-0.25, -0.2) is 9.97 Å². The standard InChI is InChI=1S/C20H28N4O/c1-14(2)24(13-16-10-8-7-9-11-16)19-21-15(3)12-17(22-19)18(25)23-20(4,5)6/h7-12,14H,13H2,1-6H3,(H,23,25). The third-order valence-corrected chi connectivity index (χ3v) is 3.64. The molecule has 0 aliphatic rings. The van der Waals surface area contributed by atoms with Crippen molar-refractivity contribution in [1.29, 1.82) is 0 Å². The topological polar surface area (TPSA) is 58.1 Å². The quantitative estimate of drug-likeness (QED) is 0.901. The molecule has 1 amide bonds. The van der Waals surface area contributed by atoms with Crippen LogP contribution in [-0.2, 0) is 6.54 Å². The van der Waals surface area contributed by atoms with Crippen molar-refractivity contribution in [3.8, 4) is 0 Å². The maximum atomic E-state index is 12.5. The highest BCUT2D eigenvalue weighted by Crippen LogP contribution is 2.17. The molecular weight excluding hydrogens is 312 g/mol. The summed E-state index contributed by atoms with van der Waals surface area (Å²) in [6.07, 6.45) is 0. The van der Waals surface area contributed by atoms with Crippen LogP contribution in [-0.4, -0.2) is 27.5 Å². The Hall–Kier alpha value is -2.43. The Bertz CT molecular complexity index is 720. The van der Waals surface area contributed by atoms with E-state index in [9.17, 15) is 4.79 Å². The van der Waals surface area contributed by atoms with Gasteiger partial charge in [0, 0.05) is 23.8 Å². The number of carbonyl (C=O) groups is 1. The molecular formula is C20H28N4O. The van der Waals surface area contributed by atoms with E-state index in [1.807, 2.05) is 45.9 Å². The average Bonchev–Trinajstić information content (AvgIpc) is 2.51. The molecule has 0 fully saturated rings. The largest absolute Gasteiger partial charge is 0.346 e. The second-order valence-corrected chi connectivity index (χ2v) is 7.61. The Morgan fingerprint density at radius 3 is 2.36 bits per heavy atom. The predicted octanol–water partition coefficient (Wildman–Crippen LogP) is 3.73. The van der Waals surface area contributed by atoms with E-state index in [0.717, 1.165) is 5.69 Å². The molecule has 0 aliphatic heterocycles. The van der Waals surface area contributed by atoms with Crippen molar-refractivity contribution in [2.24, 2.45) is 0 Å². The van der Waals surface area contributed by atoms with Crippen molar-refractivity contribution in [2.45, 2.75) is 59.7 Å². The van der Waals surface area contributed by atoms with Gasteiger partial charge >= 0.3 is 0 Å². The molecule has 0 saturated carbocycles. The fourth-order valence-electron chi connectivity index (χ4n) is 2.47. The van der Waals surface area contributed by atoms with Crippen molar-refractivity contribution >= 4 is 11.9 Å². The average molecular weight is 340 g/mol. The molecule has 0 atom stereocenters.